The molecule has 0 amide bonds. The van der Waals surface area contributed by atoms with Crippen LogP contribution in [0.25, 0.3) is 0 Å². The van der Waals surface area contributed by atoms with Gasteiger partial charge < -0.3 is 0 Å². The molecule has 1 aliphatic rings. The van der Waals surface area contributed by atoms with E-state index in [9.17, 15) is 0 Å². The van der Waals surface area contributed by atoms with E-state index in [1.807, 2.05) is 82.3 Å². The summed E-state index contributed by atoms with van der Waals surface area (Å²) >= 11 is 46.2. The molecule has 0 nitrogen and oxygen atoms in total. The van der Waals surface area contributed by atoms with Gasteiger partial charge in [0.1, 0.15) is 8.16 Å². The smallest absolute Gasteiger partial charge is 0.114 e. The maximum atomic E-state index is 4.71. The predicted molar refractivity (Wildman–Crippen MR) is 186 cm³/mol. The Bertz CT molecular complexity index is 496. The largest absolute Gasteiger partial charge is 0.179 e. The van der Waals surface area contributed by atoms with Crippen LogP contribution < -0.4 is 0 Å². The quantitative estimate of drug-likeness (QED) is 0.0615. The van der Waals surface area contributed by atoms with Crippen molar-refractivity contribution in [2.75, 3.05) is 54.9 Å². The number of hydrogen-bond donors (Lipinski definition) is 7. The van der Waals surface area contributed by atoms with Gasteiger partial charge in [-0.25, -0.2) is 0 Å². The van der Waals surface area contributed by atoms with E-state index < -0.39 is 0 Å². The van der Waals surface area contributed by atoms with E-state index in [-0.39, 0.29) is 12.2 Å². The Morgan fingerprint density at radius 2 is 1.17 bits per heavy atom. The van der Waals surface area contributed by atoms with Gasteiger partial charge in [0.05, 0.1) is 4.08 Å². The Kier molecular flexibility index (Phi) is 19.6. The minimum absolute atomic E-state index is 0.0779. The van der Waals surface area contributed by atoms with E-state index in [4.69, 9.17) is 37.9 Å². The number of thioether (sulfide) groups is 7. The van der Waals surface area contributed by atoms with Crippen molar-refractivity contribution in [3.8, 4) is 0 Å². The lowest BCUT2D eigenvalue weighted by Crippen LogP contribution is -2.60. The summed E-state index contributed by atoms with van der Waals surface area (Å²) < 4.78 is -0.406. The van der Waals surface area contributed by atoms with Crippen LogP contribution in [0.4, 0.5) is 0 Å². The molecule has 0 spiro atoms. The fourth-order valence-electron chi connectivity index (χ4n) is 3.14. The zero-order chi connectivity index (χ0) is 22.5. The number of thiol groups is 7. The molecule has 0 saturated heterocycles. The molecule has 0 N–H and O–H groups in total. The highest BCUT2D eigenvalue weighted by atomic mass is 32.2. The van der Waals surface area contributed by atoms with Gasteiger partial charge in [-0.2, -0.15) is 88.4 Å². The molecule has 0 radical (unpaired) electrons. The first kappa shape index (κ1) is 32.7. The predicted octanol–water partition coefficient (Wildman–Crippen LogP) is 7.83. The molecule has 0 bridgehead atoms. The van der Waals surface area contributed by atoms with Gasteiger partial charge in [0.2, 0.25) is 0 Å². The van der Waals surface area contributed by atoms with E-state index in [2.05, 4.69) is 56.6 Å². The van der Waals surface area contributed by atoms with Crippen LogP contribution in [0.2, 0.25) is 0 Å². The lowest BCUT2D eigenvalue weighted by atomic mass is 10.0. The molecule has 0 aromatic heterocycles. The first-order valence-electron chi connectivity index (χ1n) is 8.95. The van der Waals surface area contributed by atoms with Crippen LogP contribution >= 0.6 is 171 Å². The van der Waals surface area contributed by atoms with Crippen molar-refractivity contribution in [1.29, 1.82) is 0 Å². The monoisotopic (exact) mass is 670 g/mol. The topological polar surface area (TPSA) is 0 Å². The van der Waals surface area contributed by atoms with Gasteiger partial charge in [-0.1, -0.05) is 0 Å². The molecule has 178 valence electrons. The standard InChI is InChI=1S/C16H30S14/c17-1-4-24-13-7-14(27-9-20,25-5-2-18)16(29-11-22,30-12-23)15(8-13,28-10-21)26-6-3-19/h7,17-23H,1-6,8-12H2. The van der Waals surface area contributed by atoms with E-state index in [0.29, 0.717) is 0 Å². The first-order valence-corrected chi connectivity index (χ1v) is 20.3. The first-order chi connectivity index (χ1) is 14.5. The van der Waals surface area contributed by atoms with Gasteiger partial charge in [0, 0.05) is 44.0 Å². The highest BCUT2D eigenvalue weighted by Crippen LogP contribution is 2.73. The fraction of sp³-hybridized carbons (Fsp3) is 0.875. The van der Waals surface area contributed by atoms with E-state index in [1.54, 1.807) is 0 Å². The summed E-state index contributed by atoms with van der Waals surface area (Å²) in [5.41, 5.74) is 0. The summed E-state index contributed by atoms with van der Waals surface area (Å²) in [5.74, 6) is 5.55. The van der Waals surface area contributed by atoms with E-state index in [1.165, 1.54) is 4.91 Å². The van der Waals surface area contributed by atoms with Crippen molar-refractivity contribution < 1.29 is 0 Å². The van der Waals surface area contributed by atoms with Crippen molar-refractivity contribution in [1.82, 2.24) is 0 Å². The molecular weight excluding hydrogens is 641 g/mol. The SMILES string of the molecule is SCCSC1=CC(SCS)(SCCS)C(SCS)(SCS)C(SCS)(SCCS)C1. The Labute approximate surface area is 251 Å². The normalized spacial score (nSPS) is 26.0. The summed E-state index contributed by atoms with van der Waals surface area (Å²) in [7, 11) is 0. The third kappa shape index (κ3) is 8.33. The molecule has 0 heterocycles. The summed E-state index contributed by atoms with van der Waals surface area (Å²) in [6, 6.07) is 0. The molecule has 0 fully saturated rings. The zero-order valence-corrected chi connectivity index (χ0v) is 28.3. The van der Waals surface area contributed by atoms with Gasteiger partial charge in [-0.15, -0.1) is 82.3 Å². The Morgan fingerprint density at radius 1 is 0.633 bits per heavy atom. The van der Waals surface area contributed by atoms with E-state index in [0.717, 1.165) is 61.3 Å². The Morgan fingerprint density at radius 3 is 1.67 bits per heavy atom. The van der Waals surface area contributed by atoms with Crippen molar-refractivity contribution in [3.05, 3.63) is 11.0 Å². The van der Waals surface area contributed by atoms with Gasteiger partial charge in [0.25, 0.3) is 0 Å². The molecule has 1 aliphatic carbocycles. The second-order valence-corrected chi connectivity index (χ2v) is 19.6. The molecule has 30 heavy (non-hydrogen) atoms. The van der Waals surface area contributed by atoms with E-state index >= 15 is 0 Å². The second kappa shape index (κ2) is 18.0. The second-order valence-electron chi connectivity index (χ2n) is 5.63. The lowest BCUT2D eigenvalue weighted by Gasteiger charge is -2.59. The summed E-state index contributed by atoms with van der Waals surface area (Å²) in [5, 5.41) is 3.02. The third-order valence-electron chi connectivity index (χ3n) is 4.04. The molecule has 1 rings (SSSR count). The Hall–Kier alpha value is 4.64. The van der Waals surface area contributed by atoms with Crippen molar-refractivity contribution >= 4 is 171 Å². The molecule has 2 unspecified atom stereocenters. The lowest BCUT2D eigenvalue weighted by molar-refractivity contribution is 0.660. The molecule has 14 heteroatoms. The van der Waals surface area contributed by atoms with Crippen LogP contribution in [0.5, 0.6) is 0 Å². The van der Waals surface area contributed by atoms with Crippen LogP contribution in [0.15, 0.2) is 11.0 Å². The average Bonchev–Trinajstić information content (AvgIpc) is 2.73. The molecule has 0 aliphatic heterocycles. The highest BCUT2D eigenvalue weighted by molar-refractivity contribution is 8.32. The fourth-order valence-corrected chi connectivity index (χ4v) is 19.1. The molecule has 0 aromatic carbocycles. The minimum atomic E-state index is -0.172. The van der Waals surface area contributed by atoms with Gasteiger partial charge in [-0.3, -0.25) is 0 Å². The van der Waals surface area contributed by atoms with Gasteiger partial charge in [-0.05, 0) is 28.2 Å². The summed E-state index contributed by atoms with van der Waals surface area (Å²) in [6.07, 6.45) is 3.54. The highest BCUT2D eigenvalue weighted by Gasteiger charge is 2.66. The van der Waals surface area contributed by atoms with Crippen LogP contribution in [-0.4, -0.2) is 67.1 Å². The van der Waals surface area contributed by atoms with Crippen LogP contribution in [0.3, 0.4) is 0 Å². The number of allylic oxidation sites excluding steroid dienone is 1. The zero-order valence-electron chi connectivity index (χ0n) is 16.3. The number of rotatable bonds is 17. The summed E-state index contributed by atoms with van der Waals surface area (Å²) in [6.45, 7) is 0. The molecule has 0 aromatic rings. The van der Waals surface area contributed by atoms with Crippen LogP contribution in [0.1, 0.15) is 6.42 Å². The van der Waals surface area contributed by atoms with Gasteiger partial charge >= 0.3 is 0 Å². The third-order valence-corrected chi connectivity index (χ3v) is 18.4. The van der Waals surface area contributed by atoms with Crippen molar-refractivity contribution in [2.45, 2.75) is 18.7 Å². The average molecular weight is 671 g/mol. The maximum Gasteiger partial charge on any atom is 0.114 e. The van der Waals surface area contributed by atoms with Crippen molar-refractivity contribution in [3.63, 3.8) is 0 Å². The van der Waals surface area contributed by atoms with Crippen LogP contribution in [0, 0.1) is 0 Å². The van der Waals surface area contributed by atoms with Crippen LogP contribution in [-0.2, 0) is 0 Å². The summed E-state index contributed by atoms with van der Waals surface area (Å²) in [4.78, 5) is 1.45. The minimum Gasteiger partial charge on any atom is -0.179 e. The van der Waals surface area contributed by atoms with Crippen molar-refractivity contribution in [2.24, 2.45) is 0 Å². The number of hydrogen-bond acceptors (Lipinski definition) is 14. The molecule has 0 saturated carbocycles. The molecule has 2 atom stereocenters. The maximum absolute atomic E-state index is 4.71. The Balaban J connectivity index is 3.78. The van der Waals surface area contributed by atoms with Gasteiger partial charge in [0.15, 0.2) is 0 Å². The molecular formula is C16H30S14.